The fraction of sp³-hybridized carbons (Fsp3) is 0.160. The van der Waals surface area contributed by atoms with E-state index in [4.69, 9.17) is 11.6 Å². The van der Waals surface area contributed by atoms with Crippen molar-refractivity contribution in [2.75, 3.05) is 11.4 Å². The topological polar surface area (TPSA) is 62.3 Å². The van der Waals surface area contributed by atoms with Crippen LogP contribution in [0.4, 0.5) is 10.8 Å². The third kappa shape index (κ3) is 4.82. The van der Waals surface area contributed by atoms with Gasteiger partial charge in [-0.25, -0.2) is 4.98 Å². The van der Waals surface area contributed by atoms with Crippen molar-refractivity contribution < 1.29 is 9.59 Å². The van der Waals surface area contributed by atoms with E-state index in [1.165, 1.54) is 16.9 Å². The second-order valence-corrected chi connectivity index (χ2v) is 8.62. The summed E-state index contributed by atoms with van der Waals surface area (Å²) in [5.41, 5.74) is 3.18. The molecular formula is C25H22ClN3O2S. The summed E-state index contributed by atoms with van der Waals surface area (Å²) in [6.07, 6.45) is 1.05. The first-order valence-corrected chi connectivity index (χ1v) is 11.6. The Hall–Kier alpha value is -3.22. The maximum absolute atomic E-state index is 13.3. The molecule has 2 amide bonds. The van der Waals surface area contributed by atoms with Gasteiger partial charge in [0.15, 0.2) is 5.13 Å². The number of benzene rings is 3. The molecule has 0 bridgehead atoms. The van der Waals surface area contributed by atoms with Crippen LogP contribution >= 0.6 is 22.9 Å². The van der Waals surface area contributed by atoms with Gasteiger partial charge in [-0.3, -0.25) is 14.5 Å². The zero-order valence-corrected chi connectivity index (χ0v) is 19.1. The van der Waals surface area contributed by atoms with E-state index in [1.54, 1.807) is 29.2 Å². The molecule has 0 aliphatic rings. The number of anilines is 2. The fourth-order valence-electron chi connectivity index (χ4n) is 3.33. The minimum absolute atomic E-state index is 0.127. The molecule has 1 N–H and O–H groups in total. The molecule has 0 saturated heterocycles. The molecule has 0 aliphatic carbocycles. The Kier molecular flexibility index (Phi) is 6.83. The Bertz CT molecular complexity index is 1220. The van der Waals surface area contributed by atoms with E-state index in [0.29, 0.717) is 15.7 Å². The van der Waals surface area contributed by atoms with Crippen LogP contribution in [-0.2, 0) is 11.2 Å². The average Bonchev–Trinajstić information content (AvgIpc) is 3.23. The number of para-hydroxylation sites is 1. The van der Waals surface area contributed by atoms with E-state index >= 15 is 0 Å². The first-order chi connectivity index (χ1) is 15.6. The second-order valence-electron chi connectivity index (χ2n) is 7.20. The predicted molar refractivity (Wildman–Crippen MR) is 131 cm³/mol. The highest BCUT2D eigenvalue weighted by Gasteiger charge is 2.22. The number of halogens is 1. The first kappa shape index (κ1) is 22.0. The lowest BCUT2D eigenvalue weighted by atomic mass is 10.1. The molecule has 1 heterocycles. The third-order valence-corrected chi connectivity index (χ3v) is 6.42. The molecule has 4 rings (SSSR count). The number of rotatable bonds is 7. The molecule has 3 aromatic carbocycles. The lowest BCUT2D eigenvalue weighted by molar-refractivity contribution is -0.117. The van der Waals surface area contributed by atoms with Crippen LogP contribution in [0.15, 0.2) is 72.8 Å². The molecular weight excluding hydrogens is 442 g/mol. The Labute approximate surface area is 195 Å². The summed E-state index contributed by atoms with van der Waals surface area (Å²) >= 11 is 7.56. The van der Waals surface area contributed by atoms with Gasteiger partial charge in [0, 0.05) is 13.0 Å². The summed E-state index contributed by atoms with van der Waals surface area (Å²) in [5.74, 6) is -0.449. The monoisotopic (exact) mass is 463 g/mol. The SMILES string of the molecule is CCc1ccc(N(C(=O)CCNC(=O)c2ccccc2Cl)c2nc3ccccc3s2)cc1. The zero-order valence-electron chi connectivity index (χ0n) is 17.5. The van der Waals surface area contributed by atoms with Crippen LogP contribution in [0.2, 0.25) is 5.02 Å². The van der Waals surface area contributed by atoms with Gasteiger partial charge >= 0.3 is 0 Å². The lowest BCUT2D eigenvalue weighted by Crippen LogP contribution is -2.32. The minimum atomic E-state index is -0.303. The molecule has 32 heavy (non-hydrogen) atoms. The van der Waals surface area contributed by atoms with E-state index in [2.05, 4.69) is 17.2 Å². The van der Waals surface area contributed by atoms with Crippen molar-refractivity contribution in [3.8, 4) is 0 Å². The van der Waals surface area contributed by atoms with Crippen molar-refractivity contribution >= 4 is 55.8 Å². The van der Waals surface area contributed by atoms with Crippen molar-refractivity contribution in [1.29, 1.82) is 0 Å². The normalized spacial score (nSPS) is 10.8. The van der Waals surface area contributed by atoms with E-state index < -0.39 is 0 Å². The standard InChI is InChI=1S/C25H22ClN3O2S/c1-2-17-11-13-18(14-12-17)29(25-28-21-9-5-6-10-22(21)32-25)23(30)15-16-27-24(31)19-7-3-4-8-20(19)26/h3-14H,2,15-16H2,1H3,(H,27,31). The molecule has 0 unspecified atom stereocenters. The molecule has 0 aliphatic heterocycles. The molecule has 0 radical (unpaired) electrons. The highest BCUT2D eigenvalue weighted by Crippen LogP contribution is 2.34. The quantitative estimate of drug-likeness (QED) is 0.365. The highest BCUT2D eigenvalue weighted by molar-refractivity contribution is 7.22. The van der Waals surface area contributed by atoms with Gasteiger partial charge < -0.3 is 5.32 Å². The zero-order chi connectivity index (χ0) is 22.5. The van der Waals surface area contributed by atoms with Crippen molar-refractivity contribution in [2.45, 2.75) is 19.8 Å². The fourth-order valence-corrected chi connectivity index (χ4v) is 4.56. The van der Waals surface area contributed by atoms with Crippen LogP contribution in [0, 0.1) is 0 Å². The number of carbonyl (C=O) groups is 2. The molecule has 5 nitrogen and oxygen atoms in total. The number of aryl methyl sites for hydroxylation is 1. The van der Waals surface area contributed by atoms with Crippen LogP contribution < -0.4 is 10.2 Å². The lowest BCUT2D eigenvalue weighted by Gasteiger charge is -2.20. The number of hydrogen-bond donors (Lipinski definition) is 1. The number of fused-ring (bicyclic) bond motifs is 1. The van der Waals surface area contributed by atoms with Gasteiger partial charge in [-0.15, -0.1) is 0 Å². The Morgan fingerprint density at radius 3 is 2.44 bits per heavy atom. The van der Waals surface area contributed by atoms with Gasteiger partial charge in [-0.05, 0) is 48.4 Å². The van der Waals surface area contributed by atoms with Gasteiger partial charge in [0.05, 0.1) is 26.5 Å². The highest BCUT2D eigenvalue weighted by atomic mass is 35.5. The maximum atomic E-state index is 13.3. The summed E-state index contributed by atoms with van der Waals surface area (Å²) in [6, 6.07) is 22.5. The van der Waals surface area contributed by atoms with Crippen LogP contribution in [-0.4, -0.2) is 23.3 Å². The van der Waals surface area contributed by atoms with E-state index in [0.717, 1.165) is 22.3 Å². The maximum Gasteiger partial charge on any atom is 0.252 e. The summed E-state index contributed by atoms with van der Waals surface area (Å²) in [5, 5.41) is 3.77. The van der Waals surface area contributed by atoms with Gasteiger partial charge in [-0.1, -0.05) is 66.3 Å². The summed E-state index contributed by atoms with van der Waals surface area (Å²) in [7, 11) is 0. The minimum Gasteiger partial charge on any atom is -0.351 e. The van der Waals surface area contributed by atoms with Crippen molar-refractivity contribution in [3.63, 3.8) is 0 Å². The van der Waals surface area contributed by atoms with Crippen LogP contribution in [0.5, 0.6) is 0 Å². The second kappa shape index (κ2) is 9.94. The first-order valence-electron chi connectivity index (χ1n) is 10.4. The van der Waals surface area contributed by atoms with E-state index in [1.807, 2.05) is 48.5 Å². The van der Waals surface area contributed by atoms with Crippen molar-refractivity contribution in [2.24, 2.45) is 0 Å². The third-order valence-electron chi connectivity index (χ3n) is 5.07. The van der Waals surface area contributed by atoms with Crippen LogP contribution in [0.25, 0.3) is 10.2 Å². The number of hydrogen-bond acceptors (Lipinski definition) is 4. The van der Waals surface area contributed by atoms with Crippen LogP contribution in [0.3, 0.4) is 0 Å². The molecule has 162 valence electrons. The van der Waals surface area contributed by atoms with E-state index in [9.17, 15) is 9.59 Å². The Morgan fingerprint density at radius 2 is 1.72 bits per heavy atom. The number of nitrogens with one attached hydrogen (secondary N) is 1. The van der Waals surface area contributed by atoms with Crippen molar-refractivity contribution in [1.82, 2.24) is 10.3 Å². The number of nitrogens with zero attached hydrogens (tertiary/aromatic N) is 2. The summed E-state index contributed by atoms with van der Waals surface area (Å²) in [4.78, 5) is 32.0. The van der Waals surface area contributed by atoms with Gasteiger partial charge in [0.25, 0.3) is 5.91 Å². The molecule has 4 aromatic rings. The largest absolute Gasteiger partial charge is 0.351 e. The van der Waals surface area contributed by atoms with Crippen molar-refractivity contribution in [3.05, 3.63) is 88.9 Å². The van der Waals surface area contributed by atoms with Gasteiger partial charge in [0.2, 0.25) is 5.91 Å². The molecule has 0 atom stereocenters. The molecule has 0 fully saturated rings. The van der Waals surface area contributed by atoms with E-state index in [-0.39, 0.29) is 24.8 Å². The smallest absolute Gasteiger partial charge is 0.252 e. The van der Waals surface area contributed by atoms with Gasteiger partial charge in [-0.2, -0.15) is 0 Å². The Balaban J connectivity index is 1.54. The van der Waals surface area contributed by atoms with Crippen LogP contribution in [0.1, 0.15) is 29.3 Å². The summed E-state index contributed by atoms with van der Waals surface area (Å²) in [6.45, 7) is 2.28. The molecule has 1 aromatic heterocycles. The Morgan fingerprint density at radius 1 is 1.00 bits per heavy atom. The number of carbonyl (C=O) groups excluding carboxylic acids is 2. The summed E-state index contributed by atoms with van der Waals surface area (Å²) < 4.78 is 1.01. The molecule has 0 spiro atoms. The number of aromatic nitrogens is 1. The van der Waals surface area contributed by atoms with Gasteiger partial charge in [0.1, 0.15) is 0 Å². The number of amides is 2. The molecule has 7 heteroatoms. The predicted octanol–water partition coefficient (Wildman–Crippen LogP) is 6.00. The number of thiazole rings is 1. The average molecular weight is 464 g/mol. The molecule has 0 saturated carbocycles.